The van der Waals surface area contributed by atoms with E-state index in [2.05, 4.69) is 20.9 Å². The molecule has 1 heterocycles. The summed E-state index contributed by atoms with van der Waals surface area (Å²) in [5.74, 6) is 1.28. The number of ether oxygens (including phenoxy) is 3. The largest absolute Gasteiger partial charge is 0.493 e. The second-order valence-electron chi connectivity index (χ2n) is 6.08. The molecule has 0 amide bonds. The summed E-state index contributed by atoms with van der Waals surface area (Å²) in [7, 11) is 4.49. The van der Waals surface area contributed by atoms with Crippen LogP contribution in [0.5, 0.6) is 17.2 Å². The fraction of sp³-hybridized carbons (Fsp3) is 0.333. The van der Waals surface area contributed by atoms with Gasteiger partial charge in [0, 0.05) is 31.0 Å². The first-order chi connectivity index (χ1) is 14.5. The van der Waals surface area contributed by atoms with Gasteiger partial charge in [0.2, 0.25) is 11.3 Å². The summed E-state index contributed by atoms with van der Waals surface area (Å²) in [4.78, 5) is 11.1. The zero-order valence-corrected chi connectivity index (χ0v) is 16.6. The van der Waals surface area contributed by atoms with E-state index in [0.717, 1.165) is 0 Å². The first-order valence-electron chi connectivity index (χ1n) is 8.89. The number of fused-ring (bicyclic) bond motifs is 1. The number of aromatic nitrogens is 2. The minimum atomic E-state index is -0.559. The van der Waals surface area contributed by atoms with Gasteiger partial charge < -0.3 is 30.0 Å². The number of anilines is 3. The Morgan fingerprint density at radius 3 is 2.30 bits per heavy atom. The van der Waals surface area contributed by atoms with E-state index in [9.17, 15) is 10.1 Å². The highest BCUT2D eigenvalue weighted by Crippen LogP contribution is 2.42. The number of hydrogen-bond acceptors (Lipinski definition) is 11. The molecule has 12 heteroatoms. The van der Waals surface area contributed by atoms with Gasteiger partial charge in [-0.3, -0.25) is 10.1 Å². The zero-order chi connectivity index (χ0) is 21.7. The topological polar surface area (TPSA) is 154 Å². The maximum absolute atomic E-state index is 11.6. The Balaban J connectivity index is 2.09. The Bertz CT molecular complexity index is 1030. The predicted octanol–water partition coefficient (Wildman–Crippen LogP) is 2.69. The molecule has 3 rings (SSSR count). The highest BCUT2D eigenvalue weighted by atomic mass is 16.6. The lowest BCUT2D eigenvalue weighted by Gasteiger charge is -2.16. The number of nitro benzene ring substituents is 1. The molecule has 0 aliphatic rings. The minimum absolute atomic E-state index is 0.0102. The normalized spacial score (nSPS) is 10.7. The highest BCUT2D eigenvalue weighted by molar-refractivity contribution is 6.00. The summed E-state index contributed by atoms with van der Waals surface area (Å²) in [6, 6.07) is 4.90. The molecule has 0 aliphatic carbocycles. The van der Waals surface area contributed by atoms with Crippen molar-refractivity contribution >= 4 is 33.8 Å². The molecule has 12 nitrogen and oxygen atoms in total. The van der Waals surface area contributed by atoms with Gasteiger partial charge in [0.1, 0.15) is 5.69 Å². The number of nitrogens with zero attached hydrogens (tertiary/aromatic N) is 3. The first kappa shape index (κ1) is 20.9. The summed E-state index contributed by atoms with van der Waals surface area (Å²) in [6.45, 7) is 0.281. The van der Waals surface area contributed by atoms with E-state index in [4.69, 9.17) is 23.9 Å². The van der Waals surface area contributed by atoms with E-state index in [1.807, 2.05) is 0 Å². The number of methoxy groups -OCH3 is 3. The van der Waals surface area contributed by atoms with Gasteiger partial charge in [-0.15, -0.1) is 0 Å². The molecule has 160 valence electrons. The van der Waals surface area contributed by atoms with E-state index < -0.39 is 4.92 Å². The van der Waals surface area contributed by atoms with Crippen LogP contribution in [0.3, 0.4) is 0 Å². The summed E-state index contributed by atoms with van der Waals surface area (Å²) < 4.78 is 20.8. The lowest BCUT2D eigenvalue weighted by Crippen LogP contribution is -2.07. The van der Waals surface area contributed by atoms with Crippen LogP contribution < -0.4 is 24.8 Å². The molecular formula is C18H21N5O7. The van der Waals surface area contributed by atoms with Crippen molar-refractivity contribution in [2.75, 3.05) is 45.1 Å². The molecule has 3 N–H and O–H groups in total. The van der Waals surface area contributed by atoms with Crippen LogP contribution in [0.2, 0.25) is 0 Å². The fourth-order valence-electron chi connectivity index (χ4n) is 2.95. The number of benzene rings is 2. The molecule has 30 heavy (non-hydrogen) atoms. The van der Waals surface area contributed by atoms with E-state index in [-0.39, 0.29) is 29.0 Å². The van der Waals surface area contributed by atoms with Gasteiger partial charge >= 0.3 is 5.69 Å². The van der Waals surface area contributed by atoms with Crippen molar-refractivity contribution in [3.05, 3.63) is 28.3 Å². The molecule has 0 aliphatic heterocycles. The van der Waals surface area contributed by atoms with Crippen LogP contribution in [-0.2, 0) is 0 Å². The summed E-state index contributed by atoms with van der Waals surface area (Å²) in [5.41, 5.74) is 1.10. The maximum Gasteiger partial charge on any atom is 0.323 e. The SMILES string of the molecule is COc1cc(Nc2cc(NCCCO)c([N+](=O)[O-])c3nonc23)cc(OC)c1OC. The fourth-order valence-corrected chi connectivity index (χ4v) is 2.95. The smallest absolute Gasteiger partial charge is 0.323 e. The van der Waals surface area contributed by atoms with Crippen molar-refractivity contribution in [2.45, 2.75) is 6.42 Å². The number of rotatable bonds is 10. The Kier molecular flexibility index (Phi) is 6.37. The Morgan fingerprint density at radius 1 is 1.07 bits per heavy atom. The van der Waals surface area contributed by atoms with Crippen molar-refractivity contribution in [2.24, 2.45) is 0 Å². The van der Waals surface area contributed by atoms with Crippen LogP contribution in [0.25, 0.3) is 11.0 Å². The Labute approximate surface area is 170 Å². The van der Waals surface area contributed by atoms with Crippen molar-refractivity contribution in [1.82, 2.24) is 10.3 Å². The van der Waals surface area contributed by atoms with Gasteiger partial charge in [-0.05, 0) is 22.8 Å². The van der Waals surface area contributed by atoms with Gasteiger partial charge in [-0.2, -0.15) is 0 Å². The van der Waals surface area contributed by atoms with Crippen molar-refractivity contribution in [1.29, 1.82) is 0 Å². The van der Waals surface area contributed by atoms with Gasteiger partial charge in [-0.1, -0.05) is 0 Å². The highest BCUT2D eigenvalue weighted by Gasteiger charge is 2.26. The maximum atomic E-state index is 11.6. The van der Waals surface area contributed by atoms with Gasteiger partial charge in [0.25, 0.3) is 0 Å². The minimum Gasteiger partial charge on any atom is -0.493 e. The van der Waals surface area contributed by atoms with E-state index >= 15 is 0 Å². The molecule has 0 saturated carbocycles. The molecule has 0 atom stereocenters. The van der Waals surface area contributed by atoms with E-state index in [0.29, 0.717) is 41.6 Å². The second-order valence-corrected chi connectivity index (χ2v) is 6.08. The summed E-state index contributed by atoms with van der Waals surface area (Å²) in [5, 5.41) is 34.2. The number of nitrogens with one attached hydrogen (secondary N) is 2. The van der Waals surface area contributed by atoms with Crippen LogP contribution >= 0.6 is 0 Å². The monoisotopic (exact) mass is 419 g/mol. The Morgan fingerprint density at radius 2 is 1.73 bits per heavy atom. The molecule has 0 fully saturated rings. The van der Waals surface area contributed by atoms with Crippen LogP contribution in [0.4, 0.5) is 22.7 Å². The third kappa shape index (κ3) is 3.98. The van der Waals surface area contributed by atoms with Gasteiger partial charge in [0.05, 0.1) is 31.9 Å². The van der Waals surface area contributed by atoms with E-state index in [1.54, 1.807) is 12.1 Å². The molecule has 0 radical (unpaired) electrons. The molecule has 3 aromatic rings. The number of hydrogen-bond donors (Lipinski definition) is 3. The summed E-state index contributed by atoms with van der Waals surface area (Å²) in [6.07, 6.45) is 0.419. The summed E-state index contributed by atoms with van der Waals surface area (Å²) >= 11 is 0. The average Bonchev–Trinajstić information content (AvgIpc) is 3.22. The molecule has 0 unspecified atom stereocenters. The first-order valence-corrected chi connectivity index (χ1v) is 8.89. The van der Waals surface area contributed by atoms with Crippen LogP contribution in [0.1, 0.15) is 6.42 Å². The Hall–Kier alpha value is -3.80. The zero-order valence-electron chi connectivity index (χ0n) is 16.6. The number of nitro groups is 1. The second kappa shape index (κ2) is 9.13. The number of aliphatic hydroxyl groups is 1. The van der Waals surface area contributed by atoms with Crippen molar-refractivity contribution in [3.8, 4) is 17.2 Å². The quantitative estimate of drug-likeness (QED) is 0.252. The molecule has 0 spiro atoms. The molecule has 0 saturated heterocycles. The van der Waals surface area contributed by atoms with Crippen molar-refractivity contribution < 1.29 is 28.9 Å². The van der Waals surface area contributed by atoms with Gasteiger partial charge in [0.15, 0.2) is 17.0 Å². The molecule has 2 aromatic carbocycles. The van der Waals surface area contributed by atoms with Crippen LogP contribution in [0.15, 0.2) is 22.8 Å². The van der Waals surface area contributed by atoms with Crippen LogP contribution in [-0.4, -0.2) is 54.8 Å². The predicted molar refractivity (Wildman–Crippen MR) is 108 cm³/mol. The molecular weight excluding hydrogens is 398 g/mol. The number of aliphatic hydroxyl groups excluding tert-OH is 1. The standard InChI is InChI=1S/C18H21N5O7/c1-27-13-7-10(8-14(28-2)18(13)29-3)20-11-9-12(19-5-4-6-24)17(23(25)26)16-15(11)21-30-22-16/h7-9,19-20,24H,4-6H2,1-3H3. The lowest BCUT2D eigenvalue weighted by atomic mass is 10.1. The molecule has 0 bridgehead atoms. The van der Waals surface area contributed by atoms with Crippen molar-refractivity contribution in [3.63, 3.8) is 0 Å². The third-order valence-corrected chi connectivity index (χ3v) is 4.29. The lowest BCUT2D eigenvalue weighted by molar-refractivity contribution is -0.382. The van der Waals surface area contributed by atoms with Crippen LogP contribution in [0, 0.1) is 10.1 Å². The molecule has 1 aromatic heterocycles. The van der Waals surface area contributed by atoms with E-state index in [1.165, 1.54) is 27.4 Å². The average molecular weight is 419 g/mol. The third-order valence-electron chi connectivity index (χ3n) is 4.29. The van der Waals surface area contributed by atoms with Gasteiger partial charge in [-0.25, -0.2) is 4.63 Å².